The first kappa shape index (κ1) is 12.5. The number of anilines is 3. The van der Waals surface area contributed by atoms with Crippen molar-refractivity contribution in [2.75, 3.05) is 11.1 Å². The Kier molecular flexibility index (Phi) is 3.88. The molecule has 18 heavy (non-hydrogen) atoms. The second-order valence-electron chi connectivity index (χ2n) is 4.55. The first-order chi connectivity index (χ1) is 8.72. The summed E-state index contributed by atoms with van der Waals surface area (Å²) in [4.78, 5) is 0. The largest absolute Gasteiger partial charge is 0.398 e. The van der Waals surface area contributed by atoms with Crippen molar-refractivity contribution in [3.05, 3.63) is 53.6 Å². The van der Waals surface area contributed by atoms with Gasteiger partial charge in [-0.3, -0.25) is 0 Å². The van der Waals surface area contributed by atoms with E-state index >= 15 is 0 Å². The van der Waals surface area contributed by atoms with Gasteiger partial charge in [-0.25, -0.2) is 0 Å². The Morgan fingerprint density at radius 2 is 1.72 bits per heavy atom. The van der Waals surface area contributed by atoms with Gasteiger partial charge >= 0.3 is 0 Å². The Morgan fingerprint density at radius 3 is 2.50 bits per heavy atom. The highest BCUT2D eigenvalue weighted by Gasteiger charge is 2.04. The molecule has 0 aromatic heterocycles. The summed E-state index contributed by atoms with van der Waals surface area (Å²) in [5, 5.41) is 3.49. The van der Waals surface area contributed by atoms with Crippen LogP contribution in [0.3, 0.4) is 0 Å². The molecule has 0 aliphatic carbocycles. The fourth-order valence-electron chi connectivity index (χ4n) is 2.06. The van der Waals surface area contributed by atoms with Gasteiger partial charge in [-0.15, -0.1) is 0 Å². The number of para-hydroxylation sites is 1. The molecule has 0 amide bonds. The Labute approximate surface area is 109 Å². The van der Waals surface area contributed by atoms with Crippen LogP contribution in [-0.2, 0) is 6.42 Å². The number of nitrogens with two attached hydrogens (primary N) is 1. The minimum absolute atomic E-state index is 0.827. The second-order valence-corrected chi connectivity index (χ2v) is 4.55. The van der Waals surface area contributed by atoms with Crippen molar-refractivity contribution < 1.29 is 0 Å². The summed E-state index contributed by atoms with van der Waals surface area (Å²) in [6.45, 7) is 4.24. The lowest BCUT2D eigenvalue weighted by Gasteiger charge is -2.14. The van der Waals surface area contributed by atoms with E-state index in [1.54, 1.807) is 0 Å². The third kappa shape index (κ3) is 2.65. The Hall–Kier alpha value is -1.96. The maximum Gasteiger partial charge on any atom is 0.0434 e. The third-order valence-electron chi connectivity index (χ3n) is 3.18. The molecule has 0 spiro atoms. The molecule has 0 radical (unpaired) electrons. The molecular formula is C16H20N2. The van der Waals surface area contributed by atoms with Crippen molar-refractivity contribution in [3.8, 4) is 0 Å². The first-order valence-electron chi connectivity index (χ1n) is 6.42. The van der Waals surface area contributed by atoms with E-state index in [2.05, 4.69) is 42.6 Å². The Balaban J connectivity index is 2.31. The van der Waals surface area contributed by atoms with Gasteiger partial charge in [0.25, 0.3) is 0 Å². The third-order valence-corrected chi connectivity index (χ3v) is 3.18. The van der Waals surface area contributed by atoms with E-state index in [4.69, 9.17) is 5.73 Å². The summed E-state index contributed by atoms with van der Waals surface area (Å²) in [7, 11) is 0. The van der Waals surface area contributed by atoms with Gasteiger partial charge in [0.05, 0.1) is 0 Å². The fraction of sp³-hybridized carbons (Fsp3) is 0.250. The summed E-state index contributed by atoms with van der Waals surface area (Å²) in [6.07, 6.45) is 2.24. The summed E-state index contributed by atoms with van der Waals surface area (Å²) >= 11 is 0. The molecule has 2 rings (SSSR count). The van der Waals surface area contributed by atoms with Crippen LogP contribution in [0.5, 0.6) is 0 Å². The Bertz CT molecular complexity index is 532. The van der Waals surface area contributed by atoms with E-state index in [0.717, 1.165) is 29.8 Å². The highest BCUT2D eigenvalue weighted by molar-refractivity contribution is 5.70. The van der Waals surface area contributed by atoms with E-state index in [1.165, 1.54) is 11.3 Å². The van der Waals surface area contributed by atoms with Crippen molar-refractivity contribution in [2.24, 2.45) is 0 Å². The maximum absolute atomic E-state index is 5.93. The summed E-state index contributed by atoms with van der Waals surface area (Å²) in [5.41, 5.74) is 11.5. The SMILES string of the molecule is CCCc1ccccc1Nc1cccc(N)c1C. The van der Waals surface area contributed by atoms with Crippen LogP contribution in [0.15, 0.2) is 42.5 Å². The lowest BCUT2D eigenvalue weighted by atomic mass is 10.1. The number of aryl methyl sites for hydroxylation is 1. The van der Waals surface area contributed by atoms with Gasteiger partial charge in [0.1, 0.15) is 0 Å². The zero-order valence-electron chi connectivity index (χ0n) is 11.0. The van der Waals surface area contributed by atoms with E-state index in [0.29, 0.717) is 0 Å². The molecule has 2 heteroatoms. The fourth-order valence-corrected chi connectivity index (χ4v) is 2.06. The van der Waals surface area contributed by atoms with Crippen molar-refractivity contribution in [3.63, 3.8) is 0 Å². The highest BCUT2D eigenvalue weighted by Crippen LogP contribution is 2.26. The van der Waals surface area contributed by atoms with Crippen molar-refractivity contribution >= 4 is 17.1 Å². The number of hydrogen-bond acceptors (Lipinski definition) is 2. The van der Waals surface area contributed by atoms with Gasteiger partial charge in [-0.05, 0) is 42.7 Å². The van der Waals surface area contributed by atoms with Crippen molar-refractivity contribution in [1.82, 2.24) is 0 Å². The predicted molar refractivity (Wildman–Crippen MR) is 79.3 cm³/mol. The molecular weight excluding hydrogens is 220 g/mol. The summed E-state index contributed by atoms with van der Waals surface area (Å²) in [6, 6.07) is 14.4. The molecule has 0 atom stereocenters. The zero-order chi connectivity index (χ0) is 13.0. The minimum atomic E-state index is 0.827. The van der Waals surface area contributed by atoms with Gasteiger partial charge in [0.2, 0.25) is 0 Å². The lowest BCUT2D eigenvalue weighted by Crippen LogP contribution is -1.99. The van der Waals surface area contributed by atoms with Crippen molar-refractivity contribution in [1.29, 1.82) is 0 Å². The Morgan fingerprint density at radius 1 is 1.00 bits per heavy atom. The number of benzene rings is 2. The molecule has 0 heterocycles. The van der Waals surface area contributed by atoms with E-state index in [9.17, 15) is 0 Å². The minimum Gasteiger partial charge on any atom is -0.398 e. The second kappa shape index (κ2) is 5.58. The smallest absolute Gasteiger partial charge is 0.0434 e. The zero-order valence-corrected chi connectivity index (χ0v) is 11.0. The van der Waals surface area contributed by atoms with E-state index < -0.39 is 0 Å². The van der Waals surface area contributed by atoms with Crippen LogP contribution in [0.25, 0.3) is 0 Å². The maximum atomic E-state index is 5.93. The standard InChI is InChI=1S/C16H20N2/c1-3-7-13-8-4-5-10-16(13)18-15-11-6-9-14(17)12(15)2/h4-6,8-11,18H,3,7,17H2,1-2H3. The molecule has 2 nitrogen and oxygen atoms in total. The van der Waals surface area contributed by atoms with Crippen LogP contribution in [0.4, 0.5) is 17.1 Å². The van der Waals surface area contributed by atoms with Crippen LogP contribution < -0.4 is 11.1 Å². The molecule has 94 valence electrons. The van der Waals surface area contributed by atoms with Crippen LogP contribution in [0.2, 0.25) is 0 Å². The lowest BCUT2D eigenvalue weighted by molar-refractivity contribution is 0.923. The van der Waals surface area contributed by atoms with Crippen LogP contribution in [0, 0.1) is 6.92 Å². The van der Waals surface area contributed by atoms with Crippen LogP contribution in [-0.4, -0.2) is 0 Å². The molecule has 3 N–H and O–H groups in total. The summed E-state index contributed by atoms with van der Waals surface area (Å²) < 4.78 is 0. The molecule has 2 aromatic carbocycles. The molecule has 0 unspecified atom stereocenters. The van der Waals surface area contributed by atoms with Gasteiger partial charge in [0, 0.05) is 17.1 Å². The van der Waals surface area contributed by atoms with Gasteiger partial charge in [0.15, 0.2) is 0 Å². The van der Waals surface area contributed by atoms with Gasteiger partial charge in [-0.2, -0.15) is 0 Å². The van der Waals surface area contributed by atoms with Crippen LogP contribution >= 0.6 is 0 Å². The number of rotatable bonds is 4. The molecule has 2 aromatic rings. The van der Waals surface area contributed by atoms with Crippen LogP contribution in [0.1, 0.15) is 24.5 Å². The molecule has 0 aliphatic rings. The average Bonchev–Trinajstić information content (AvgIpc) is 2.37. The quantitative estimate of drug-likeness (QED) is 0.783. The first-order valence-corrected chi connectivity index (χ1v) is 6.42. The molecule has 0 bridgehead atoms. The molecule has 0 fully saturated rings. The van der Waals surface area contributed by atoms with Gasteiger partial charge < -0.3 is 11.1 Å². The number of nitrogen functional groups attached to an aromatic ring is 1. The molecule has 0 aliphatic heterocycles. The average molecular weight is 240 g/mol. The summed E-state index contributed by atoms with van der Waals surface area (Å²) in [5.74, 6) is 0. The highest BCUT2D eigenvalue weighted by atomic mass is 14.9. The van der Waals surface area contributed by atoms with Gasteiger partial charge in [-0.1, -0.05) is 37.6 Å². The molecule has 0 saturated heterocycles. The number of hydrogen-bond donors (Lipinski definition) is 2. The normalized spacial score (nSPS) is 10.3. The topological polar surface area (TPSA) is 38.0 Å². The molecule has 0 saturated carbocycles. The van der Waals surface area contributed by atoms with E-state index in [1.807, 2.05) is 19.1 Å². The number of nitrogens with one attached hydrogen (secondary N) is 1. The predicted octanol–water partition coefficient (Wildman–Crippen LogP) is 4.27. The van der Waals surface area contributed by atoms with E-state index in [-0.39, 0.29) is 0 Å². The van der Waals surface area contributed by atoms with Crippen molar-refractivity contribution in [2.45, 2.75) is 26.7 Å². The monoisotopic (exact) mass is 240 g/mol.